The molecule has 0 saturated carbocycles. The lowest BCUT2D eigenvalue weighted by molar-refractivity contribution is -0.136. The van der Waals surface area contributed by atoms with Crippen LogP contribution in [0.2, 0.25) is 0 Å². The van der Waals surface area contributed by atoms with Crippen molar-refractivity contribution in [1.29, 1.82) is 0 Å². The number of carbonyl (C=O) groups excluding carboxylic acids is 2. The van der Waals surface area contributed by atoms with Crippen LogP contribution in [-0.4, -0.2) is 54.8 Å². The molecule has 5 heteroatoms. The van der Waals surface area contributed by atoms with Crippen molar-refractivity contribution in [3.63, 3.8) is 0 Å². The van der Waals surface area contributed by atoms with Gasteiger partial charge in [0.25, 0.3) is 5.91 Å². The molecule has 1 heterocycles. The van der Waals surface area contributed by atoms with Gasteiger partial charge in [-0.1, -0.05) is 25.0 Å². The first-order valence-electron chi connectivity index (χ1n) is 8.83. The first-order valence-corrected chi connectivity index (χ1v) is 8.83. The molecule has 0 aromatic heterocycles. The minimum absolute atomic E-state index is 0.0837. The monoisotopic (exact) mass is 331 g/mol. The minimum atomic E-state index is -0.137. The molecule has 0 aliphatic carbocycles. The Bertz CT molecular complexity index is 548. The summed E-state index contributed by atoms with van der Waals surface area (Å²) in [6.45, 7) is 4.44. The lowest BCUT2D eigenvalue weighted by atomic mass is 10.1. The molecule has 0 radical (unpaired) electrons. The molecule has 1 aliphatic heterocycles. The van der Waals surface area contributed by atoms with Crippen LogP contribution in [0.5, 0.6) is 0 Å². The fraction of sp³-hybridized carbons (Fsp3) is 0.579. The molecule has 5 nitrogen and oxygen atoms in total. The van der Waals surface area contributed by atoms with Crippen molar-refractivity contribution < 1.29 is 9.59 Å². The van der Waals surface area contributed by atoms with Gasteiger partial charge in [0.1, 0.15) is 0 Å². The summed E-state index contributed by atoms with van der Waals surface area (Å²) in [7, 11) is 3.60. The molecule has 0 bridgehead atoms. The van der Waals surface area contributed by atoms with Crippen LogP contribution < -0.4 is 5.32 Å². The topological polar surface area (TPSA) is 52.7 Å². The highest BCUT2D eigenvalue weighted by atomic mass is 16.2. The van der Waals surface area contributed by atoms with Gasteiger partial charge in [-0.05, 0) is 44.5 Å². The smallest absolute Gasteiger partial charge is 0.251 e. The third-order valence-corrected chi connectivity index (χ3v) is 4.81. The number of benzene rings is 1. The molecule has 132 valence electrons. The summed E-state index contributed by atoms with van der Waals surface area (Å²) in [4.78, 5) is 28.4. The van der Waals surface area contributed by atoms with E-state index in [-0.39, 0.29) is 17.9 Å². The van der Waals surface area contributed by atoms with Gasteiger partial charge in [-0.3, -0.25) is 14.5 Å². The normalized spacial score (nSPS) is 16.6. The first-order chi connectivity index (χ1) is 11.5. The average Bonchev–Trinajstić information content (AvgIpc) is 2.89. The SMILES string of the molecule is CNC(=O)c1ccc(CN(C)C(C)C(=O)N2CCCCCC2)cc1. The Labute approximate surface area is 145 Å². The van der Waals surface area contributed by atoms with Gasteiger partial charge in [-0.2, -0.15) is 0 Å². The molecule has 24 heavy (non-hydrogen) atoms. The summed E-state index contributed by atoms with van der Waals surface area (Å²) >= 11 is 0. The highest BCUT2D eigenvalue weighted by Crippen LogP contribution is 2.14. The maximum absolute atomic E-state index is 12.7. The van der Waals surface area contributed by atoms with Gasteiger partial charge in [-0.25, -0.2) is 0 Å². The van der Waals surface area contributed by atoms with Crippen molar-refractivity contribution in [3.8, 4) is 0 Å². The lowest BCUT2D eigenvalue weighted by Gasteiger charge is -2.29. The summed E-state index contributed by atoms with van der Waals surface area (Å²) in [6, 6.07) is 7.41. The Kier molecular flexibility index (Phi) is 6.79. The first kappa shape index (κ1) is 18.5. The standard InChI is InChI=1S/C19H29N3O2/c1-15(19(24)22-12-6-4-5-7-13-22)21(3)14-16-8-10-17(11-9-16)18(23)20-2/h8-11,15H,4-7,12-14H2,1-3H3,(H,20,23). The zero-order chi connectivity index (χ0) is 17.5. The van der Waals surface area contributed by atoms with E-state index in [2.05, 4.69) is 10.2 Å². The van der Waals surface area contributed by atoms with E-state index in [1.54, 1.807) is 7.05 Å². The van der Waals surface area contributed by atoms with Crippen LogP contribution in [0.3, 0.4) is 0 Å². The maximum Gasteiger partial charge on any atom is 0.251 e. The molecule has 1 unspecified atom stereocenters. The van der Waals surface area contributed by atoms with Gasteiger partial charge in [0.15, 0.2) is 0 Å². The van der Waals surface area contributed by atoms with E-state index in [0.29, 0.717) is 12.1 Å². The maximum atomic E-state index is 12.7. The van der Waals surface area contributed by atoms with E-state index in [1.165, 1.54) is 12.8 Å². The quantitative estimate of drug-likeness (QED) is 0.900. The number of nitrogens with one attached hydrogen (secondary N) is 1. The molecule has 0 spiro atoms. The summed E-state index contributed by atoms with van der Waals surface area (Å²) in [5, 5.41) is 2.62. The second kappa shape index (κ2) is 8.83. The molecule has 2 rings (SSSR count). The summed E-state index contributed by atoms with van der Waals surface area (Å²) < 4.78 is 0. The molecule has 1 aromatic carbocycles. The van der Waals surface area contributed by atoms with Gasteiger partial charge in [0.05, 0.1) is 6.04 Å². The Morgan fingerprint density at radius 3 is 2.25 bits per heavy atom. The van der Waals surface area contributed by atoms with Crippen molar-refractivity contribution in [3.05, 3.63) is 35.4 Å². The Hall–Kier alpha value is -1.88. The number of hydrogen-bond donors (Lipinski definition) is 1. The highest BCUT2D eigenvalue weighted by Gasteiger charge is 2.24. The molecule has 2 amide bonds. The summed E-state index contributed by atoms with van der Waals surface area (Å²) in [5.41, 5.74) is 1.75. The number of likely N-dealkylation sites (tertiary alicyclic amines) is 1. The van der Waals surface area contributed by atoms with Gasteiger partial charge in [0, 0.05) is 32.2 Å². The van der Waals surface area contributed by atoms with Crippen LogP contribution in [0, 0.1) is 0 Å². The molecular weight excluding hydrogens is 302 g/mol. The van der Waals surface area contributed by atoms with E-state index in [0.717, 1.165) is 31.5 Å². The molecule has 1 fully saturated rings. The zero-order valence-corrected chi connectivity index (χ0v) is 15.0. The highest BCUT2D eigenvalue weighted by molar-refractivity contribution is 5.93. The molecule has 1 aromatic rings. The van der Waals surface area contributed by atoms with E-state index >= 15 is 0 Å². The van der Waals surface area contributed by atoms with Crippen LogP contribution in [0.25, 0.3) is 0 Å². The molecule has 1 atom stereocenters. The van der Waals surface area contributed by atoms with Gasteiger partial charge in [-0.15, -0.1) is 0 Å². The Morgan fingerprint density at radius 2 is 1.71 bits per heavy atom. The molecule has 1 saturated heterocycles. The van der Waals surface area contributed by atoms with E-state index in [4.69, 9.17) is 0 Å². The van der Waals surface area contributed by atoms with Crippen LogP contribution in [0.4, 0.5) is 0 Å². The number of likely N-dealkylation sites (N-methyl/N-ethyl adjacent to an activating group) is 1. The van der Waals surface area contributed by atoms with Crippen molar-refractivity contribution in [2.24, 2.45) is 0 Å². The number of rotatable bonds is 5. The van der Waals surface area contributed by atoms with Crippen LogP contribution in [-0.2, 0) is 11.3 Å². The Morgan fingerprint density at radius 1 is 1.12 bits per heavy atom. The van der Waals surface area contributed by atoms with Gasteiger partial charge in [0.2, 0.25) is 5.91 Å². The molecule has 1 aliphatic rings. The van der Waals surface area contributed by atoms with E-state index in [1.807, 2.05) is 43.1 Å². The second-order valence-electron chi connectivity index (χ2n) is 6.61. The van der Waals surface area contributed by atoms with Crippen molar-refractivity contribution in [2.45, 2.75) is 45.2 Å². The molecule has 1 N–H and O–H groups in total. The van der Waals surface area contributed by atoms with Crippen LogP contribution in [0.1, 0.15) is 48.5 Å². The van der Waals surface area contributed by atoms with Gasteiger partial charge >= 0.3 is 0 Å². The Balaban J connectivity index is 1.93. The fourth-order valence-electron chi connectivity index (χ4n) is 3.07. The van der Waals surface area contributed by atoms with Crippen LogP contribution >= 0.6 is 0 Å². The minimum Gasteiger partial charge on any atom is -0.355 e. The lowest BCUT2D eigenvalue weighted by Crippen LogP contribution is -2.45. The van der Waals surface area contributed by atoms with Crippen molar-refractivity contribution in [2.75, 3.05) is 27.2 Å². The second-order valence-corrected chi connectivity index (χ2v) is 6.61. The van der Waals surface area contributed by atoms with E-state index in [9.17, 15) is 9.59 Å². The summed E-state index contributed by atoms with van der Waals surface area (Å²) in [5.74, 6) is 0.140. The van der Waals surface area contributed by atoms with Crippen molar-refractivity contribution >= 4 is 11.8 Å². The summed E-state index contributed by atoms with van der Waals surface area (Å²) in [6.07, 6.45) is 4.68. The number of carbonyl (C=O) groups is 2. The fourth-order valence-corrected chi connectivity index (χ4v) is 3.07. The molecular formula is C19H29N3O2. The van der Waals surface area contributed by atoms with E-state index < -0.39 is 0 Å². The predicted molar refractivity (Wildman–Crippen MR) is 95.8 cm³/mol. The van der Waals surface area contributed by atoms with Gasteiger partial charge < -0.3 is 10.2 Å². The predicted octanol–water partition coefficient (Wildman–Crippen LogP) is 2.27. The third-order valence-electron chi connectivity index (χ3n) is 4.81. The number of hydrogen-bond acceptors (Lipinski definition) is 3. The third kappa shape index (κ3) is 4.81. The largest absolute Gasteiger partial charge is 0.355 e. The number of nitrogens with zero attached hydrogens (tertiary/aromatic N) is 2. The number of amides is 2. The zero-order valence-electron chi connectivity index (χ0n) is 15.0. The average molecular weight is 331 g/mol. The van der Waals surface area contributed by atoms with Crippen LogP contribution in [0.15, 0.2) is 24.3 Å². The van der Waals surface area contributed by atoms with Crippen molar-refractivity contribution in [1.82, 2.24) is 15.1 Å².